The van der Waals surface area contributed by atoms with Gasteiger partial charge in [0.15, 0.2) is 0 Å². The molecule has 2 N–H and O–H groups in total. The molecular weight excluding hydrogens is 427 g/mol. The van der Waals surface area contributed by atoms with Gasteiger partial charge >= 0.3 is 5.97 Å². The first kappa shape index (κ1) is 20.8. The second kappa shape index (κ2) is 8.35. The van der Waals surface area contributed by atoms with Crippen molar-refractivity contribution in [1.82, 2.24) is 20.1 Å². The summed E-state index contributed by atoms with van der Waals surface area (Å²) >= 11 is 6.23. The van der Waals surface area contributed by atoms with Crippen LogP contribution in [-0.2, 0) is 11.2 Å². The molecule has 160 valence electrons. The maximum Gasteiger partial charge on any atom is 0.303 e. The molecule has 0 amide bonds. The lowest BCUT2D eigenvalue weighted by atomic mass is 10.0. The molecule has 0 aliphatic carbocycles. The molecule has 8 nitrogen and oxygen atoms in total. The highest BCUT2D eigenvalue weighted by Crippen LogP contribution is 2.33. The summed E-state index contributed by atoms with van der Waals surface area (Å²) in [6.45, 7) is 3.74. The Labute approximate surface area is 181 Å². The number of pyridine rings is 1. The maximum atomic E-state index is 14.5. The highest BCUT2D eigenvalue weighted by Gasteiger charge is 2.19. The number of hydrogen-bond acceptors (Lipinski definition) is 6. The second-order valence-corrected chi connectivity index (χ2v) is 7.56. The number of fused-ring (bicyclic) bond motifs is 1. The first-order chi connectivity index (χ1) is 14.8. The predicted molar refractivity (Wildman–Crippen MR) is 112 cm³/mol. The molecule has 10 heteroatoms. The van der Waals surface area contributed by atoms with E-state index in [9.17, 15) is 9.18 Å². The Morgan fingerprint density at radius 3 is 2.90 bits per heavy atom. The number of aliphatic carboxylic acids is 1. The zero-order chi connectivity index (χ0) is 22.1. The molecule has 1 aromatic carbocycles. The van der Waals surface area contributed by atoms with Crippen molar-refractivity contribution >= 4 is 28.5 Å². The lowest BCUT2D eigenvalue weighted by Crippen LogP contribution is -2.07. The number of nitrogens with one attached hydrogen (secondary N) is 1. The molecule has 0 fully saturated rings. The summed E-state index contributed by atoms with van der Waals surface area (Å²) in [6.07, 6.45) is 3.13. The van der Waals surface area contributed by atoms with Crippen molar-refractivity contribution in [1.29, 1.82) is 0 Å². The lowest BCUT2D eigenvalue weighted by Gasteiger charge is -2.09. The molecule has 3 heterocycles. The molecule has 0 saturated heterocycles. The topological polar surface area (TPSA) is 114 Å². The molecule has 31 heavy (non-hydrogen) atoms. The number of halogens is 2. The molecule has 4 rings (SSSR count). The van der Waals surface area contributed by atoms with Crippen molar-refractivity contribution in [3.8, 4) is 28.7 Å². The van der Waals surface area contributed by atoms with Gasteiger partial charge in [-0.25, -0.2) is 9.37 Å². The Kier molecular flexibility index (Phi) is 5.60. The van der Waals surface area contributed by atoms with E-state index >= 15 is 0 Å². The molecule has 0 radical (unpaired) electrons. The summed E-state index contributed by atoms with van der Waals surface area (Å²) in [6, 6.07) is 4.44. The number of aromatic amines is 1. The third kappa shape index (κ3) is 4.22. The number of rotatable bonds is 7. The van der Waals surface area contributed by atoms with Crippen LogP contribution in [0.25, 0.3) is 33.7 Å². The molecule has 3 aromatic heterocycles. The maximum absolute atomic E-state index is 14.5. The standard InChI is InChI=1S/C21H18ClFN4O4/c1-10(2)30-21-14(22)7-12(9-25-21)20-26-19(27-31-20)13-4-5-15(23)17-11(3-6-16(28)29)8-24-18(13)17/h4-5,7-10,24H,3,6H2,1-2H3,(H,28,29). The lowest BCUT2D eigenvalue weighted by molar-refractivity contribution is -0.136. The van der Waals surface area contributed by atoms with E-state index in [0.717, 1.165) is 0 Å². The third-order valence-electron chi connectivity index (χ3n) is 4.54. The molecular formula is C21H18ClFN4O4. The van der Waals surface area contributed by atoms with E-state index in [1.807, 2.05) is 13.8 Å². The number of aromatic nitrogens is 4. The molecule has 0 unspecified atom stereocenters. The summed E-state index contributed by atoms with van der Waals surface area (Å²) in [5, 5.41) is 13.5. The second-order valence-electron chi connectivity index (χ2n) is 7.15. The monoisotopic (exact) mass is 444 g/mol. The smallest absolute Gasteiger partial charge is 0.303 e. The first-order valence-corrected chi connectivity index (χ1v) is 9.88. The minimum Gasteiger partial charge on any atom is -0.481 e. The SMILES string of the molecule is CC(C)Oc1ncc(-c2nc(-c3ccc(F)c4c(CCC(=O)O)c[nH]c34)no2)cc1Cl. The van der Waals surface area contributed by atoms with Crippen molar-refractivity contribution in [3.63, 3.8) is 0 Å². The fourth-order valence-corrected chi connectivity index (χ4v) is 3.41. The van der Waals surface area contributed by atoms with Gasteiger partial charge in [0.05, 0.1) is 17.2 Å². The van der Waals surface area contributed by atoms with Gasteiger partial charge in [0.1, 0.15) is 10.8 Å². The molecule has 4 aromatic rings. The molecule has 0 atom stereocenters. The Morgan fingerprint density at radius 1 is 1.39 bits per heavy atom. The van der Waals surface area contributed by atoms with Gasteiger partial charge in [-0.3, -0.25) is 4.79 Å². The zero-order valence-electron chi connectivity index (χ0n) is 16.6. The van der Waals surface area contributed by atoms with Crippen LogP contribution in [-0.4, -0.2) is 37.3 Å². The van der Waals surface area contributed by atoms with Gasteiger partial charge in [0, 0.05) is 29.8 Å². The summed E-state index contributed by atoms with van der Waals surface area (Å²) in [5.41, 5.74) is 2.06. The number of benzene rings is 1. The normalized spacial score (nSPS) is 11.4. The van der Waals surface area contributed by atoms with Gasteiger partial charge in [-0.1, -0.05) is 16.8 Å². The summed E-state index contributed by atoms with van der Waals surface area (Å²) in [5.74, 6) is -0.673. The average Bonchev–Trinajstić information content (AvgIpc) is 3.36. The van der Waals surface area contributed by atoms with Gasteiger partial charge < -0.3 is 19.4 Å². The Morgan fingerprint density at radius 2 is 2.19 bits per heavy atom. The molecule has 0 bridgehead atoms. The summed E-state index contributed by atoms with van der Waals surface area (Å²) < 4.78 is 25.4. The zero-order valence-corrected chi connectivity index (χ0v) is 17.4. The molecule has 0 aliphatic rings. The third-order valence-corrected chi connectivity index (χ3v) is 4.81. The number of carbonyl (C=O) groups is 1. The van der Waals surface area contributed by atoms with Crippen LogP contribution in [0.2, 0.25) is 5.02 Å². The minimum atomic E-state index is -0.953. The van der Waals surface area contributed by atoms with Crippen LogP contribution in [0, 0.1) is 5.82 Å². The predicted octanol–water partition coefficient (Wildman–Crippen LogP) is 4.88. The van der Waals surface area contributed by atoms with Crippen LogP contribution in [0.15, 0.2) is 35.1 Å². The van der Waals surface area contributed by atoms with E-state index in [2.05, 4.69) is 20.1 Å². The fraction of sp³-hybridized carbons (Fsp3) is 0.238. The number of carboxylic acid groups (broad SMARTS) is 1. The van der Waals surface area contributed by atoms with Crippen molar-refractivity contribution < 1.29 is 23.6 Å². The van der Waals surface area contributed by atoms with E-state index < -0.39 is 11.8 Å². The summed E-state index contributed by atoms with van der Waals surface area (Å²) in [7, 11) is 0. The number of nitrogens with zero attached hydrogens (tertiary/aromatic N) is 3. The van der Waals surface area contributed by atoms with Crippen LogP contribution in [0.1, 0.15) is 25.8 Å². The highest BCUT2D eigenvalue weighted by molar-refractivity contribution is 6.32. The molecule has 0 saturated carbocycles. The largest absolute Gasteiger partial charge is 0.481 e. The molecule has 0 aliphatic heterocycles. The van der Waals surface area contributed by atoms with Crippen molar-refractivity contribution in [2.75, 3.05) is 0 Å². The van der Waals surface area contributed by atoms with Crippen LogP contribution < -0.4 is 4.74 Å². The van der Waals surface area contributed by atoms with Gasteiger partial charge in [-0.05, 0) is 44.0 Å². The van der Waals surface area contributed by atoms with E-state index in [0.29, 0.717) is 38.5 Å². The Hall–Kier alpha value is -3.46. The summed E-state index contributed by atoms with van der Waals surface area (Å²) in [4.78, 5) is 22.5. The van der Waals surface area contributed by atoms with E-state index in [1.54, 1.807) is 12.3 Å². The van der Waals surface area contributed by atoms with Crippen molar-refractivity contribution in [2.45, 2.75) is 32.8 Å². The van der Waals surface area contributed by atoms with Gasteiger partial charge in [0.25, 0.3) is 5.89 Å². The number of H-pyrrole nitrogens is 1. The van der Waals surface area contributed by atoms with Crippen LogP contribution in [0.4, 0.5) is 4.39 Å². The van der Waals surface area contributed by atoms with Crippen molar-refractivity contribution in [2.24, 2.45) is 0 Å². The van der Waals surface area contributed by atoms with Gasteiger partial charge in [-0.15, -0.1) is 0 Å². The number of hydrogen-bond donors (Lipinski definition) is 2. The number of aryl methyl sites for hydroxylation is 1. The minimum absolute atomic E-state index is 0.0760. The average molecular weight is 445 g/mol. The quantitative estimate of drug-likeness (QED) is 0.417. The van der Waals surface area contributed by atoms with Crippen LogP contribution >= 0.6 is 11.6 Å². The van der Waals surface area contributed by atoms with Crippen LogP contribution in [0.3, 0.4) is 0 Å². The fourth-order valence-electron chi connectivity index (χ4n) is 3.20. The Balaban J connectivity index is 1.69. The van der Waals surface area contributed by atoms with Crippen molar-refractivity contribution in [3.05, 3.63) is 47.0 Å². The van der Waals surface area contributed by atoms with E-state index in [1.165, 1.54) is 18.3 Å². The van der Waals surface area contributed by atoms with E-state index in [4.69, 9.17) is 26.0 Å². The van der Waals surface area contributed by atoms with Crippen LogP contribution in [0.5, 0.6) is 5.88 Å². The number of carboxylic acids is 1. The molecule has 0 spiro atoms. The first-order valence-electron chi connectivity index (χ1n) is 9.50. The Bertz CT molecular complexity index is 1270. The van der Waals surface area contributed by atoms with E-state index in [-0.39, 0.29) is 30.7 Å². The number of ether oxygens (including phenoxy) is 1. The van der Waals surface area contributed by atoms with Gasteiger partial charge in [0.2, 0.25) is 11.7 Å². The highest BCUT2D eigenvalue weighted by atomic mass is 35.5. The van der Waals surface area contributed by atoms with Gasteiger partial charge in [-0.2, -0.15) is 4.98 Å².